The lowest BCUT2D eigenvalue weighted by atomic mass is 9.85. The van der Waals surface area contributed by atoms with Gasteiger partial charge in [0.05, 0.1) is 6.04 Å². The fourth-order valence-electron chi connectivity index (χ4n) is 7.28. The molecule has 0 radical (unpaired) electrons. The highest BCUT2D eigenvalue weighted by molar-refractivity contribution is 6.05. The topological polar surface area (TPSA) is 73.0 Å². The molecule has 5 aliphatic rings. The van der Waals surface area contributed by atoms with Gasteiger partial charge >= 0.3 is 0 Å². The van der Waals surface area contributed by atoms with E-state index in [9.17, 15) is 14.4 Å². The van der Waals surface area contributed by atoms with Crippen LogP contribution in [0.5, 0.6) is 0 Å². The molecular weight excluding hydrogens is 519 g/mol. The van der Waals surface area contributed by atoms with Gasteiger partial charge in [0.15, 0.2) is 0 Å². The Morgan fingerprint density at radius 2 is 1.54 bits per heavy atom. The van der Waals surface area contributed by atoms with Crippen molar-refractivity contribution in [1.82, 2.24) is 20.0 Å². The number of carbonyl (C=O) groups excluding carboxylic acids is 3. The first-order valence-electron chi connectivity index (χ1n) is 14.5. The van der Waals surface area contributed by atoms with Crippen molar-refractivity contribution < 1.29 is 18.8 Å². The highest BCUT2D eigenvalue weighted by Gasteiger charge is 2.43. The Hall–Kier alpha value is -3.88. The van der Waals surface area contributed by atoms with Gasteiger partial charge in [-0.3, -0.25) is 29.5 Å². The summed E-state index contributed by atoms with van der Waals surface area (Å²) in [5.41, 5.74) is 4.22. The van der Waals surface area contributed by atoms with Gasteiger partial charge in [-0.2, -0.15) is 0 Å². The largest absolute Gasteiger partial charge is 0.322 e. The van der Waals surface area contributed by atoms with E-state index in [0.29, 0.717) is 36.2 Å². The van der Waals surface area contributed by atoms with Gasteiger partial charge in [-0.05, 0) is 48.1 Å². The zero-order valence-corrected chi connectivity index (χ0v) is 22.8. The number of piperidine rings is 3. The Bertz CT molecular complexity index is 1460. The summed E-state index contributed by atoms with van der Waals surface area (Å²) in [6.07, 6.45) is 2.67. The van der Waals surface area contributed by atoms with E-state index < -0.39 is 11.9 Å². The molecule has 3 aromatic rings. The van der Waals surface area contributed by atoms with E-state index in [1.807, 2.05) is 6.07 Å². The predicted molar refractivity (Wildman–Crippen MR) is 151 cm³/mol. The first-order valence-corrected chi connectivity index (χ1v) is 14.5. The average molecular weight is 553 g/mol. The third-order valence-corrected chi connectivity index (χ3v) is 9.31. The quantitative estimate of drug-likeness (QED) is 0.468. The van der Waals surface area contributed by atoms with Gasteiger partial charge in [0, 0.05) is 55.8 Å². The van der Waals surface area contributed by atoms with Crippen LogP contribution in [0.2, 0.25) is 0 Å². The molecule has 0 spiro atoms. The van der Waals surface area contributed by atoms with Gasteiger partial charge in [-0.15, -0.1) is 0 Å². The van der Waals surface area contributed by atoms with Gasteiger partial charge in [0.2, 0.25) is 11.8 Å². The summed E-state index contributed by atoms with van der Waals surface area (Å²) in [6.45, 7) is 2.51. The molecule has 2 bridgehead atoms. The van der Waals surface area contributed by atoms with E-state index in [0.717, 1.165) is 31.5 Å². The number of rotatable bonds is 6. The Morgan fingerprint density at radius 3 is 2.17 bits per heavy atom. The minimum atomic E-state index is -0.704. The molecule has 3 unspecified atom stereocenters. The van der Waals surface area contributed by atoms with E-state index in [4.69, 9.17) is 0 Å². The van der Waals surface area contributed by atoms with Crippen molar-refractivity contribution in [2.24, 2.45) is 0 Å². The van der Waals surface area contributed by atoms with Crippen LogP contribution < -0.4 is 5.32 Å². The van der Waals surface area contributed by atoms with Crippen molar-refractivity contribution in [1.29, 1.82) is 0 Å². The highest BCUT2D eigenvalue weighted by Crippen LogP contribution is 2.39. The summed E-state index contributed by atoms with van der Waals surface area (Å²) in [7, 11) is 0. The maximum absolute atomic E-state index is 15.4. The molecule has 8 rings (SSSR count). The molecule has 210 valence electrons. The standard InChI is InChI=1S/C33H33FN4O3/c34-28-16-27-23(18-38(33(27)41)29-13-14-30(39)35-32(29)40)15-24(28)17-36-19-26-12-11-25(36)20-37(26)31(21-7-3-1-4-8-21)22-9-5-2-6-10-22/h1-10,15-16,25-26,29,31H,11-14,17-20H2,(H,35,39,40). The molecule has 3 atom stereocenters. The zero-order valence-electron chi connectivity index (χ0n) is 22.8. The Morgan fingerprint density at radius 1 is 0.854 bits per heavy atom. The molecule has 0 aliphatic carbocycles. The van der Waals surface area contributed by atoms with E-state index in [1.54, 1.807) is 0 Å². The van der Waals surface area contributed by atoms with Gasteiger partial charge in [-0.25, -0.2) is 4.39 Å². The summed E-state index contributed by atoms with van der Waals surface area (Å²) in [5.74, 6) is -1.51. The van der Waals surface area contributed by atoms with Crippen molar-refractivity contribution in [3.63, 3.8) is 0 Å². The fourth-order valence-corrected chi connectivity index (χ4v) is 7.28. The van der Waals surface area contributed by atoms with E-state index in [1.165, 1.54) is 22.1 Å². The van der Waals surface area contributed by atoms with Crippen LogP contribution in [0.3, 0.4) is 0 Å². The maximum Gasteiger partial charge on any atom is 0.255 e. The van der Waals surface area contributed by atoms with E-state index in [2.05, 4.69) is 75.8 Å². The van der Waals surface area contributed by atoms with Gasteiger partial charge in [0.25, 0.3) is 5.91 Å². The van der Waals surface area contributed by atoms with Gasteiger partial charge in [0.1, 0.15) is 11.9 Å². The van der Waals surface area contributed by atoms with Crippen molar-refractivity contribution in [2.75, 3.05) is 13.1 Å². The summed E-state index contributed by atoms with van der Waals surface area (Å²) in [6, 6.07) is 24.6. The third kappa shape index (κ3) is 4.75. The number of nitrogens with one attached hydrogen (secondary N) is 1. The number of piperazine rings is 1. The number of nitrogens with zero attached hydrogens (tertiary/aromatic N) is 3. The number of amides is 3. The van der Waals surface area contributed by atoms with E-state index >= 15 is 4.39 Å². The maximum atomic E-state index is 15.4. The lowest BCUT2D eigenvalue weighted by molar-refractivity contribution is -0.136. The summed E-state index contributed by atoms with van der Waals surface area (Å²) >= 11 is 0. The number of hydrogen-bond acceptors (Lipinski definition) is 5. The minimum Gasteiger partial charge on any atom is -0.322 e. The second kappa shape index (κ2) is 10.5. The first-order chi connectivity index (χ1) is 20.0. The summed E-state index contributed by atoms with van der Waals surface area (Å²) in [5, 5.41) is 2.32. The third-order valence-electron chi connectivity index (χ3n) is 9.31. The molecule has 5 aliphatic heterocycles. The first kappa shape index (κ1) is 26.0. The molecule has 0 aromatic heterocycles. The number of benzene rings is 3. The van der Waals surface area contributed by atoms with Crippen LogP contribution >= 0.6 is 0 Å². The number of imide groups is 1. The fraction of sp³-hybridized carbons (Fsp3) is 0.364. The summed E-state index contributed by atoms with van der Waals surface area (Å²) < 4.78 is 15.4. The summed E-state index contributed by atoms with van der Waals surface area (Å²) in [4.78, 5) is 43.6. The molecule has 41 heavy (non-hydrogen) atoms. The molecule has 5 heterocycles. The normalized spacial score (nSPS) is 24.7. The molecule has 8 heteroatoms. The van der Waals surface area contributed by atoms with Gasteiger partial charge < -0.3 is 4.90 Å². The van der Waals surface area contributed by atoms with Crippen LogP contribution in [0, 0.1) is 5.82 Å². The van der Waals surface area contributed by atoms with Crippen LogP contribution in [0.25, 0.3) is 0 Å². The molecule has 0 saturated carbocycles. The number of carbonyl (C=O) groups is 3. The van der Waals surface area contributed by atoms with E-state index in [-0.39, 0.29) is 36.6 Å². The smallest absolute Gasteiger partial charge is 0.255 e. The Labute approximate surface area is 238 Å². The second-order valence-electron chi connectivity index (χ2n) is 11.7. The average Bonchev–Trinajstić information content (AvgIpc) is 3.29. The highest BCUT2D eigenvalue weighted by atomic mass is 19.1. The van der Waals surface area contributed by atoms with Crippen LogP contribution in [0.1, 0.15) is 64.3 Å². The molecule has 3 amide bonds. The van der Waals surface area contributed by atoms with Crippen LogP contribution in [0.4, 0.5) is 4.39 Å². The van der Waals surface area contributed by atoms with Crippen LogP contribution in [-0.4, -0.2) is 63.6 Å². The van der Waals surface area contributed by atoms with Gasteiger partial charge in [-0.1, -0.05) is 60.7 Å². The van der Waals surface area contributed by atoms with Crippen molar-refractivity contribution >= 4 is 17.7 Å². The number of fused-ring (bicyclic) bond motifs is 4. The molecule has 4 saturated heterocycles. The number of hydrogen-bond donors (Lipinski definition) is 1. The van der Waals surface area contributed by atoms with Crippen molar-refractivity contribution in [3.8, 4) is 0 Å². The molecule has 4 fully saturated rings. The SMILES string of the molecule is O=C1CCC(N2Cc3cc(CN4CC5CCC4CN5C(c4ccccc4)c4ccccc4)c(F)cc3C2=O)C(=O)N1. The second-order valence-corrected chi connectivity index (χ2v) is 11.7. The molecule has 3 aromatic carbocycles. The molecule has 7 nitrogen and oxygen atoms in total. The molecular formula is C33H33FN4O3. The minimum absolute atomic E-state index is 0.174. The van der Waals surface area contributed by atoms with Crippen molar-refractivity contribution in [2.45, 2.75) is 62.9 Å². The predicted octanol–water partition coefficient (Wildman–Crippen LogP) is 4.02. The van der Waals surface area contributed by atoms with Crippen molar-refractivity contribution in [3.05, 3.63) is 106 Å². The monoisotopic (exact) mass is 552 g/mol. The lowest BCUT2D eigenvalue weighted by Gasteiger charge is -2.54. The van der Waals surface area contributed by atoms with Crippen LogP contribution in [0.15, 0.2) is 72.8 Å². The van der Waals surface area contributed by atoms with Crippen LogP contribution in [-0.2, 0) is 22.7 Å². The zero-order chi connectivity index (χ0) is 28.1. The Kier molecular flexibility index (Phi) is 6.67. The Balaban J connectivity index is 1.09. The number of halogens is 1. The lowest BCUT2D eigenvalue weighted by Crippen LogP contribution is -2.62. The molecule has 1 N–H and O–H groups in total.